The van der Waals surface area contributed by atoms with Gasteiger partial charge in [-0.1, -0.05) is 58.3 Å². The second-order valence-electron chi connectivity index (χ2n) is 7.52. The van der Waals surface area contributed by atoms with Crippen molar-refractivity contribution in [3.05, 3.63) is 0 Å². The molecule has 0 aliphatic carbocycles. The molecule has 1 heterocycles. The van der Waals surface area contributed by atoms with Crippen molar-refractivity contribution in [1.29, 1.82) is 0 Å². The van der Waals surface area contributed by atoms with Crippen LogP contribution in [0.15, 0.2) is 0 Å². The van der Waals surface area contributed by atoms with E-state index in [4.69, 9.17) is 11.6 Å². The van der Waals surface area contributed by atoms with Crippen LogP contribution >= 0.6 is 11.6 Å². The van der Waals surface area contributed by atoms with Gasteiger partial charge in [-0.3, -0.25) is 0 Å². The first-order chi connectivity index (χ1) is 10.8. The van der Waals surface area contributed by atoms with Gasteiger partial charge in [-0.2, -0.15) is 0 Å². The Morgan fingerprint density at radius 1 is 0.636 bits per heavy atom. The van der Waals surface area contributed by atoms with E-state index in [2.05, 4.69) is 6.92 Å². The normalized spacial score (nSPS) is 17.7. The van der Waals surface area contributed by atoms with Crippen molar-refractivity contribution in [2.45, 2.75) is 96.8 Å². The fraction of sp³-hybridized carbons (Fsp3) is 1.00. The van der Waals surface area contributed by atoms with Crippen LogP contribution in [0.5, 0.6) is 0 Å². The van der Waals surface area contributed by atoms with Crippen LogP contribution in [0.2, 0.25) is 0 Å². The molecule has 1 rings (SSSR count). The molecular formula is C20H41ClN+. The molecule has 1 nitrogen and oxygen atoms in total. The zero-order valence-electron chi connectivity index (χ0n) is 15.3. The highest BCUT2D eigenvalue weighted by molar-refractivity contribution is 6.17. The number of hydrogen-bond acceptors (Lipinski definition) is 0. The van der Waals surface area contributed by atoms with Crippen molar-refractivity contribution in [3.63, 3.8) is 0 Å². The van der Waals surface area contributed by atoms with Crippen LogP contribution in [0, 0.1) is 0 Å². The van der Waals surface area contributed by atoms with E-state index < -0.39 is 0 Å². The summed E-state index contributed by atoms with van der Waals surface area (Å²) in [6, 6.07) is 0. The predicted molar refractivity (Wildman–Crippen MR) is 101 cm³/mol. The SMILES string of the molecule is CCCCCCCCCCCC[N+]1(CCCCl)CCCCC1. The molecule has 0 aromatic carbocycles. The van der Waals surface area contributed by atoms with Crippen LogP contribution in [-0.4, -0.2) is 36.5 Å². The van der Waals surface area contributed by atoms with Crippen molar-refractivity contribution >= 4 is 11.6 Å². The Kier molecular flexibility index (Phi) is 12.6. The van der Waals surface area contributed by atoms with Gasteiger partial charge in [0.05, 0.1) is 26.2 Å². The largest absolute Gasteiger partial charge is 0.324 e. The summed E-state index contributed by atoms with van der Waals surface area (Å²) in [7, 11) is 0. The minimum Gasteiger partial charge on any atom is -0.324 e. The number of likely N-dealkylation sites (tertiary alicyclic amines) is 1. The number of halogens is 1. The van der Waals surface area contributed by atoms with Gasteiger partial charge in [0.25, 0.3) is 0 Å². The molecule has 1 aliphatic heterocycles. The number of piperidine rings is 1. The Hall–Kier alpha value is 0.250. The lowest BCUT2D eigenvalue weighted by Crippen LogP contribution is -2.52. The molecule has 0 aromatic rings. The highest BCUT2D eigenvalue weighted by Gasteiger charge is 2.28. The molecule has 1 fully saturated rings. The minimum absolute atomic E-state index is 0.845. The van der Waals surface area contributed by atoms with Crippen LogP contribution in [0.4, 0.5) is 0 Å². The Labute approximate surface area is 145 Å². The molecule has 0 unspecified atom stereocenters. The highest BCUT2D eigenvalue weighted by atomic mass is 35.5. The predicted octanol–water partition coefficient (Wildman–Crippen LogP) is 6.54. The maximum absolute atomic E-state index is 5.94. The first-order valence-corrected chi connectivity index (χ1v) is 10.8. The van der Waals surface area contributed by atoms with Gasteiger partial charge < -0.3 is 4.48 Å². The summed E-state index contributed by atoms with van der Waals surface area (Å²) in [6.07, 6.45) is 20.0. The quantitative estimate of drug-likeness (QED) is 0.193. The molecule has 2 heteroatoms. The molecule has 1 saturated heterocycles. The average Bonchev–Trinajstić information content (AvgIpc) is 2.56. The molecule has 0 radical (unpaired) electrons. The standard InChI is InChI=1S/C20H41ClN/c1-2-3-4-5-6-7-8-9-10-12-17-22(20-15-16-21)18-13-11-14-19-22/h2-20H2,1H3/q+1. The van der Waals surface area contributed by atoms with E-state index in [-0.39, 0.29) is 0 Å². The second kappa shape index (κ2) is 13.7. The van der Waals surface area contributed by atoms with Crippen LogP contribution in [0.25, 0.3) is 0 Å². The van der Waals surface area contributed by atoms with E-state index in [0.717, 1.165) is 5.88 Å². The van der Waals surface area contributed by atoms with E-state index in [1.54, 1.807) is 0 Å². The Morgan fingerprint density at radius 3 is 1.68 bits per heavy atom. The van der Waals surface area contributed by atoms with Gasteiger partial charge in [0, 0.05) is 12.3 Å². The van der Waals surface area contributed by atoms with Crippen molar-refractivity contribution < 1.29 is 4.48 Å². The smallest absolute Gasteiger partial charge is 0.0798 e. The molecule has 22 heavy (non-hydrogen) atoms. The maximum atomic E-state index is 5.94. The van der Waals surface area contributed by atoms with Crippen LogP contribution in [-0.2, 0) is 0 Å². The van der Waals surface area contributed by atoms with Crippen LogP contribution in [0.3, 0.4) is 0 Å². The van der Waals surface area contributed by atoms with Crippen molar-refractivity contribution in [2.24, 2.45) is 0 Å². The van der Waals surface area contributed by atoms with E-state index in [1.807, 2.05) is 0 Å². The summed E-state index contributed by atoms with van der Waals surface area (Å²) in [5, 5.41) is 0. The fourth-order valence-electron chi connectivity index (χ4n) is 4.07. The number of alkyl halides is 1. The summed E-state index contributed by atoms with van der Waals surface area (Å²) in [6.45, 7) is 7.90. The summed E-state index contributed by atoms with van der Waals surface area (Å²) < 4.78 is 1.39. The van der Waals surface area contributed by atoms with Gasteiger partial charge in [0.2, 0.25) is 0 Å². The fourth-order valence-corrected chi connectivity index (χ4v) is 4.19. The summed E-state index contributed by atoms with van der Waals surface area (Å²) in [5.74, 6) is 0.845. The lowest BCUT2D eigenvalue weighted by atomic mass is 10.0. The maximum Gasteiger partial charge on any atom is 0.0798 e. The Morgan fingerprint density at radius 2 is 1.14 bits per heavy atom. The zero-order valence-corrected chi connectivity index (χ0v) is 16.0. The third kappa shape index (κ3) is 9.40. The highest BCUT2D eigenvalue weighted by Crippen LogP contribution is 2.21. The Balaban J connectivity index is 2.01. The van der Waals surface area contributed by atoms with Crippen molar-refractivity contribution in [3.8, 4) is 0 Å². The number of unbranched alkanes of at least 4 members (excludes halogenated alkanes) is 9. The molecule has 0 bridgehead atoms. The first-order valence-electron chi connectivity index (χ1n) is 10.2. The van der Waals surface area contributed by atoms with Crippen LogP contribution < -0.4 is 0 Å². The van der Waals surface area contributed by atoms with E-state index >= 15 is 0 Å². The van der Waals surface area contributed by atoms with E-state index in [9.17, 15) is 0 Å². The Bertz CT molecular complexity index is 236. The number of quaternary nitrogens is 1. The van der Waals surface area contributed by atoms with E-state index in [1.165, 1.54) is 121 Å². The summed E-state index contributed by atoms with van der Waals surface area (Å²) in [5.41, 5.74) is 0. The van der Waals surface area contributed by atoms with Gasteiger partial charge in [0.15, 0.2) is 0 Å². The van der Waals surface area contributed by atoms with E-state index in [0.29, 0.717) is 0 Å². The number of hydrogen-bond donors (Lipinski definition) is 0. The third-order valence-corrected chi connectivity index (χ3v) is 5.78. The van der Waals surface area contributed by atoms with Gasteiger partial charge in [-0.15, -0.1) is 11.6 Å². The molecule has 0 amide bonds. The lowest BCUT2D eigenvalue weighted by molar-refractivity contribution is -0.932. The average molecular weight is 331 g/mol. The monoisotopic (exact) mass is 330 g/mol. The van der Waals surface area contributed by atoms with Crippen molar-refractivity contribution in [1.82, 2.24) is 0 Å². The molecule has 1 aliphatic rings. The molecule has 0 atom stereocenters. The number of rotatable bonds is 14. The first kappa shape index (κ1) is 20.3. The van der Waals surface area contributed by atoms with Gasteiger partial charge in [0.1, 0.15) is 0 Å². The molecule has 0 aromatic heterocycles. The topological polar surface area (TPSA) is 0 Å². The second-order valence-corrected chi connectivity index (χ2v) is 7.90. The molecular weight excluding hydrogens is 290 g/mol. The van der Waals surface area contributed by atoms with Gasteiger partial charge in [-0.25, -0.2) is 0 Å². The van der Waals surface area contributed by atoms with Gasteiger partial charge >= 0.3 is 0 Å². The summed E-state index contributed by atoms with van der Waals surface area (Å²) in [4.78, 5) is 0. The minimum atomic E-state index is 0.845. The summed E-state index contributed by atoms with van der Waals surface area (Å²) >= 11 is 5.94. The van der Waals surface area contributed by atoms with Gasteiger partial charge in [-0.05, 0) is 32.1 Å². The lowest BCUT2D eigenvalue weighted by Gasteiger charge is -2.41. The number of nitrogens with zero attached hydrogens (tertiary/aromatic N) is 1. The van der Waals surface area contributed by atoms with Crippen LogP contribution in [0.1, 0.15) is 96.8 Å². The zero-order chi connectivity index (χ0) is 15.9. The molecule has 0 spiro atoms. The molecule has 0 N–H and O–H groups in total. The van der Waals surface area contributed by atoms with Crippen molar-refractivity contribution in [2.75, 3.05) is 32.1 Å². The third-order valence-electron chi connectivity index (χ3n) is 5.52. The molecule has 132 valence electrons. The molecule has 0 saturated carbocycles.